The van der Waals surface area contributed by atoms with Gasteiger partial charge in [-0.15, -0.1) is 0 Å². The van der Waals surface area contributed by atoms with Gasteiger partial charge in [0, 0.05) is 17.8 Å². The van der Waals surface area contributed by atoms with Crippen molar-refractivity contribution in [3.05, 3.63) is 54.9 Å². The summed E-state index contributed by atoms with van der Waals surface area (Å²) in [5.74, 6) is 0.408. The summed E-state index contributed by atoms with van der Waals surface area (Å²) in [7, 11) is 0. The van der Waals surface area contributed by atoms with Crippen LogP contribution in [0.2, 0.25) is 0 Å². The number of fused-ring (bicyclic) bond motifs is 2. The van der Waals surface area contributed by atoms with E-state index in [1.165, 1.54) is 6.33 Å². The lowest BCUT2D eigenvalue weighted by atomic mass is 9.96. The van der Waals surface area contributed by atoms with Gasteiger partial charge in [0.15, 0.2) is 0 Å². The summed E-state index contributed by atoms with van der Waals surface area (Å²) in [6, 6.07) is 7.76. The van der Waals surface area contributed by atoms with Crippen molar-refractivity contribution in [2.75, 3.05) is 5.73 Å². The van der Waals surface area contributed by atoms with Gasteiger partial charge in [0.25, 0.3) is 0 Å². The van der Waals surface area contributed by atoms with Gasteiger partial charge in [-0.2, -0.15) is 0 Å². The number of anilines is 1. The monoisotopic (exact) mass is 390 g/mol. The van der Waals surface area contributed by atoms with Gasteiger partial charge in [0.2, 0.25) is 0 Å². The minimum atomic E-state index is -0.851. The fourth-order valence-corrected chi connectivity index (χ4v) is 4.45. The van der Waals surface area contributed by atoms with Crippen LogP contribution in [0.5, 0.6) is 0 Å². The number of hydrogen-bond acceptors (Lipinski definition) is 7. The number of nitrogens with zero attached hydrogens (tertiary/aromatic N) is 5. The van der Waals surface area contributed by atoms with Crippen molar-refractivity contribution in [2.45, 2.75) is 37.5 Å². The quantitative estimate of drug-likeness (QED) is 0.486. The van der Waals surface area contributed by atoms with Crippen LogP contribution in [-0.2, 0) is 6.42 Å². The number of hydrogen-bond donors (Lipinski definition) is 3. The molecule has 8 heteroatoms. The summed E-state index contributed by atoms with van der Waals surface area (Å²) >= 11 is 0. The molecule has 3 aromatic heterocycles. The van der Waals surface area contributed by atoms with Crippen LogP contribution in [0.1, 0.15) is 24.4 Å². The Labute approximate surface area is 167 Å². The number of aryl methyl sites for hydroxylation is 1. The van der Waals surface area contributed by atoms with Gasteiger partial charge < -0.3 is 20.5 Å². The van der Waals surface area contributed by atoms with E-state index in [-0.39, 0.29) is 12.0 Å². The number of rotatable bonds is 4. The van der Waals surface area contributed by atoms with Crippen molar-refractivity contribution < 1.29 is 10.2 Å². The third-order valence-corrected chi connectivity index (χ3v) is 6.04. The number of aliphatic hydroxyl groups excluding tert-OH is 2. The molecule has 0 amide bonds. The van der Waals surface area contributed by atoms with Crippen molar-refractivity contribution in [1.82, 2.24) is 24.5 Å². The zero-order valence-electron chi connectivity index (χ0n) is 15.8. The zero-order chi connectivity index (χ0) is 20.0. The lowest BCUT2D eigenvalue weighted by molar-refractivity contribution is 0.00545. The second-order valence-corrected chi connectivity index (χ2v) is 7.72. The maximum absolute atomic E-state index is 10.7. The molecule has 0 aliphatic heterocycles. The van der Waals surface area contributed by atoms with Crippen LogP contribution >= 0.6 is 0 Å². The number of aliphatic hydroxyl groups is 2. The molecular weight excluding hydrogens is 368 g/mol. The summed E-state index contributed by atoms with van der Waals surface area (Å²) < 4.78 is 1.91. The molecule has 4 atom stereocenters. The predicted octanol–water partition coefficient (Wildman–Crippen LogP) is 1.87. The average Bonchev–Trinajstić information content (AvgIpc) is 3.29. The Balaban J connectivity index is 1.34. The molecule has 0 unspecified atom stereocenters. The second kappa shape index (κ2) is 7.06. The fraction of sp³-hybridized carbons (Fsp3) is 0.333. The zero-order valence-corrected chi connectivity index (χ0v) is 15.8. The van der Waals surface area contributed by atoms with E-state index in [1.54, 1.807) is 12.5 Å². The lowest BCUT2D eigenvalue weighted by Crippen LogP contribution is -2.29. The maximum Gasteiger partial charge on any atom is 0.145 e. The van der Waals surface area contributed by atoms with Gasteiger partial charge in [-0.1, -0.05) is 12.1 Å². The highest BCUT2D eigenvalue weighted by molar-refractivity contribution is 5.86. The van der Waals surface area contributed by atoms with E-state index in [4.69, 9.17) is 5.73 Å². The molecule has 148 valence electrons. The van der Waals surface area contributed by atoms with E-state index in [0.717, 1.165) is 34.7 Å². The Morgan fingerprint density at radius 3 is 2.86 bits per heavy atom. The van der Waals surface area contributed by atoms with Crippen molar-refractivity contribution in [1.29, 1.82) is 0 Å². The highest BCUT2D eigenvalue weighted by atomic mass is 16.3. The first-order valence-electron chi connectivity index (χ1n) is 9.73. The van der Waals surface area contributed by atoms with Crippen LogP contribution in [0.4, 0.5) is 5.82 Å². The molecule has 0 radical (unpaired) electrons. The first-order chi connectivity index (χ1) is 14.1. The Bertz CT molecular complexity index is 1180. The van der Waals surface area contributed by atoms with Crippen molar-refractivity contribution in [3.63, 3.8) is 0 Å². The van der Waals surface area contributed by atoms with Gasteiger partial charge in [-0.05, 0) is 42.9 Å². The topological polar surface area (TPSA) is 123 Å². The normalized spacial score (nSPS) is 24.5. The van der Waals surface area contributed by atoms with Gasteiger partial charge >= 0.3 is 0 Å². The third-order valence-electron chi connectivity index (χ3n) is 6.04. The number of aromatic nitrogens is 5. The number of nitrogen functional groups attached to an aromatic ring is 1. The molecule has 1 aromatic carbocycles. The molecule has 1 aliphatic carbocycles. The average molecular weight is 390 g/mol. The number of nitrogens with two attached hydrogens (primary N) is 1. The highest BCUT2D eigenvalue weighted by Gasteiger charge is 2.42. The summed E-state index contributed by atoms with van der Waals surface area (Å²) in [6.07, 6.45) is 7.26. The second-order valence-electron chi connectivity index (χ2n) is 7.72. The Morgan fingerprint density at radius 2 is 1.97 bits per heavy atom. The molecule has 0 bridgehead atoms. The molecule has 0 spiro atoms. The molecule has 1 saturated carbocycles. The van der Waals surface area contributed by atoms with Gasteiger partial charge in [0.05, 0.1) is 23.0 Å². The fourth-order valence-electron chi connectivity index (χ4n) is 4.45. The standard InChI is InChI=1S/C21H22N6O2/c22-20-15-5-6-27(21(15)26-11-25-20)17-8-13(18(28)19(17)29)3-1-12-2-4-14-9-23-10-24-16(14)7-12/h2,4-7,9-11,13,17-19,28-29H,1,3,8H2,(H2,22,25,26)/t13-,17+,18+,19-/m0/s1. The molecular formula is C21H22N6O2. The predicted molar refractivity (Wildman–Crippen MR) is 109 cm³/mol. The van der Waals surface area contributed by atoms with Crippen molar-refractivity contribution in [2.24, 2.45) is 5.92 Å². The van der Waals surface area contributed by atoms with E-state index >= 15 is 0 Å². The summed E-state index contributed by atoms with van der Waals surface area (Å²) in [6.45, 7) is 0. The van der Waals surface area contributed by atoms with E-state index < -0.39 is 12.2 Å². The highest BCUT2D eigenvalue weighted by Crippen LogP contribution is 2.39. The Kier molecular flexibility index (Phi) is 4.37. The smallest absolute Gasteiger partial charge is 0.145 e. The molecule has 29 heavy (non-hydrogen) atoms. The molecule has 4 N–H and O–H groups in total. The van der Waals surface area contributed by atoms with Crippen LogP contribution < -0.4 is 5.73 Å². The van der Waals surface area contributed by atoms with E-state index in [2.05, 4.69) is 32.1 Å². The Hall–Kier alpha value is -3.10. The summed E-state index contributed by atoms with van der Waals surface area (Å²) in [5.41, 5.74) is 8.68. The molecule has 1 aliphatic rings. The SMILES string of the molecule is Nc1ncnc2c1ccn2[C@@H]1C[C@H](CCc2ccc3cncnc3c2)[C@@H](O)[C@H]1O. The molecule has 4 aromatic rings. The van der Waals surface area contributed by atoms with Crippen LogP contribution in [0, 0.1) is 5.92 Å². The molecule has 0 saturated heterocycles. The summed E-state index contributed by atoms with van der Waals surface area (Å²) in [4.78, 5) is 16.7. The molecule has 8 nitrogen and oxygen atoms in total. The van der Waals surface area contributed by atoms with Gasteiger partial charge in [-0.3, -0.25) is 0 Å². The minimum absolute atomic E-state index is 0.00673. The van der Waals surface area contributed by atoms with E-state index in [1.807, 2.05) is 22.9 Å². The van der Waals surface area contributed by atoms with Crippen LogP contribution in [0.25, 0.3) is 21.9 Å². The van der Waals surface area contributed by atoms with Crippen molar-refractivity contribution in [3.8, 4) is 0 Å². The first kappa shape index (κ1) is 18.0. The van der Waals surface area contributed by atoms with E-state index in [9.17, 15) is 10.2 Å². The molecule has 5 rings (SSSR count). The first-order valence-corrected chi connectivity index (χ1v) is 9.73. The molecule has 3 heterocycles. The lowest BCUT2D eigenvalue weighted by Gasteiger charge is -2.19. The Morgan fingerprint density at radius 1 is 1.07 bits per heavy atom. The van der Waals surface area contributed by atoms with Gasteiger partial charge in [0.1, 0.15) is 30.2 Å². The largest absolute Gasteiger partial charge is 0.390 e. The van der Waals surface area contributed by atoms with E-state index in [0.29, 0.717) is 17.9 Å². The van der Waals surface area contributed by atoms with Crippen LogP contribution in [0.3, 0.4) is 0 Å². The van der Waals surface area contributed by atoms with Crippen molar-refractivity contribution >= 4 is 27.8 Å². The maximum atomic E-state index is 10.7. The van der Waals surface area contributed by atoms with Gasteiger partial charge in [-0.25, -0.2) is 19.9 Å². The third kappa shape index (κ3) is 3.10. The van der Waals surface area contributed by atoms with Crippen LogP contribution in [0.15, 0.2) is 49.3 Å². The number of benzene rings is 1. The molecule has 1 fully saturated rings. The summed E-state index contributed by atoms with van der Waals surface area (Å²) in [5, 5.41) is 23.1. The minimum Gasteiger partial charge on any atom is -0.390 e. The van der Waals surface area contributed by atoms with Crippen LogP contribution in [-0.4, -0.2) is 46.9 Å².